The SMILES string of the molecule is S=c1nc(-c2cnn3ccncc23)[nH][nH]1. The molecular formula is C8H6N6S. The lowest BCUT2D eigenvalue weighted by molar-refractivity contribution is 0.946. The van der Waals surface area contributed by atoms with Crippen molar-refractivity contribution in [3.05, 3.63) is 29.6 Å². The van der Waals surface area contributed by atoms with Crippen molar-refractivity contribution < 1.29 is 0 Å². The van der Waals surface area contributed by atoms with Gasteiger partial charge in [-0.15, -0.1) is 0 Å². The smallest absolute Gasteiger partial charge is 0.213 e. The van der Waals surface area contributed by atoms with Crippen molar-refractivity contribution in [3.63, 3.8) is 0 Å². The van der Waals surface area contributed by atoms with E-state index in [0.29, 0.717) is 10.6 Å². The van der Waals surface area contributed by atoms with Crippen LogP contribution >= 0.6 is 12.2 Å². The summed E-state index contributed by atoms with van der Waals surface area (Å²) in [5.74, 6) is 0.669. The fourth-order valence-electron chi connectivity index (χ4n) is 1.41. The van der Waals surface area contributed by atoms with E-state index in [2.05, 4.69) is 25.3 Å². The van der Waals surface area contributed by atoms with Gasteiger partial charge in [0.05, 0.1) is 23.5 Å². The third kappa shape index (κ3) is 1.24. The van der Waals surface area contributed by atoms with E-state index >= 15 is 0 Å². The summed E-state index contributed by atoms with van der Waals surface area (Å²) in [7, 11) is 0. The molecule has 0 aliphatic heterocycles. The molecule has 15 heavy (non-hydrogen) atoms. The van der Waals surface area contributed by atoms with Crippen LogP contribution in [0.1, 0.15) is 0 Å². The van der Waals surface area contributed by atoms with E-state index in [1.807, 2.05) is 0 Å². The Morgan fingerprint density at radius 1 is 1.27 bits per heavy atom. The molecule has 3 rings (SSSR count). The zero-order valence-electron chi connectivity index (χ0n) is 7.51. The molecule has 0 spiro atoms. The minimum atomic E-state index is 0.424. The van der Waals surface area contributed by atoms with Crippen LogP contribution in [-0.4, -0.2) is 29.8 Å². The second-order valence-corrected chi connectivity index (χ2v) is 3.37. The first-order valence-electron chi connectivity index (χ1n) is 4.27. The van der Waals surface area contributed by atoms with Crippen LogP contribution in [-0.2, 0) is 0 Å². The predicted octanol–water partition coefficient (Wildman–Crippen LogP) is 1.18. The number of aromatic amines is 2. The molecule has 2 N–H and O–H groups in total. The lowest BCUT2D eigenvalue weighted by Gasteiger charge is -1.92. The maximum absolute atomic E-state index is 4.89. The standard InChI is InChI=1S/C8H6N6S/c15-8-11-7(12-13-8)5-3-10-14-2-1-9-4-6(5)14/h1-4H,(H2,11,12,13,15). The summed E-state index contributed by atoms with van der Waals surface area (Å²) in [5.41, 5.74) is 1.76. The summed E-state index contributed by atoms with van der Waals surface area (Å²) >= 11 is 4.89. The first kappa shape index (κ1) is 8.30. The van der Waals surface area contributed by atoms with Crippen molar-refractivity contribution in [2.45, 2.75) is 0 Å². The Morgan fingerprint density at radius 3 is 3.00 bits per heavy atom. The van der Waals surface area contributed by atoms with Gasteiger partial charge in [0.1, 0.15) is 0 Å². The Balaban J connectivity index is 2.32. The van der Waals surface area contributed by atoms with Gasteiger partial charge in [-0.1, -0.05) is 0 Å². The van der Waals surface area contributed by atoms with Crippen molar-refractivity contribution in [3.8, 4) is 11.4 Å². The van der Waals surface area contributed by atoms with Crippen LogP contribution in [0.2, 0.25) is 0 Å². The number of nitrogens with one attached hydrogen (secondary N) is 2. The van der Waals surface area contributed by atoms with E-state index in [9.17, 15) is 0 Å². The summed E-state index contributed by atoms with van der Waals surface area (Å²) in [6, 6.07) is 0. The van der Waals surface area contributed by atoms with Crippen molar-refractivity contribution in [2.24, 2.45) is 0 Å². The molecule has 0 bridgehead atoms. The fourth-order valence-corrected chi connectivity index (χ4v) is 1.56. The number of rotatable bonds is 1. The maximum atomic E-state index is 4.89. The van der Waals surface area contributed by atoms with Gasteiger partial charge in [-0.25, -0.2) is 4.52 Å². The molecule has 0 atom stereocenters. The number of H-pyrrole nitrogens is 2. The third-order valence-corrected chi connectivity index (χ3v) is 2.27. The molecule has 7 heteroatoms. The van der Waals surface area contributed by atoms with Crippen LogP contribution < -0.4 is 0 Å². The average molecular weight is 218 g/mol. The summed E-state index contributed by atoms with van der Waals surface area (Å²) in [6.07, 6.45) is 6.91. The molecule has 0 aliphatic carbocycles. The first-order chi connectivity index (χ1) is 7.34. The van der Waals surface area contributed by atoms with Crippen molar-refractivity contribution in [2.75, 3.05) is 0 Å². The highest BCUT2D eigenvalue weighted by Crippen LogP contribution is 2.18. The van der Waals surface area contributed by atoms with Gasteiger partial charge in [-0.3, -0.25) is 15.2 Å². The van der Waals surface area contributed by atoms with Gasteiger partial charge in [0.25, 0.3) is 0 Å². The highest BCUT2D eigenvalue weighted by Gasteiger charge is 2.08. The van der Waals surface area contributed by atoms with Crippen LogP contribution in [0.5, 0.6) is 0 Å². The Hall–Kier alpha value is -2.02. The van der Waals surface area contributed by atoms with Crippen LogP contribution in [0.15, 0.2) is 24.8 Å². The van der Waals surface area contributed by atoms with Crippen LogP contribution in [0.3, 0.4) is 0 Å². The largest absolute Gasteiger partial charge is 0.282 e. The molecular weight excluding hydrogens is 212 g/mol. The molecule has 0 radical (unpaired) electrons. The summed E-state index contributed by atoms with van der Waals surface area (Å²) < 4.78 is 2.15. The van der Waals surface area contributed by atoms with Gasteiger partial charge >= 0.3 is 0 Å². The van der Waals surface area contributed by atoms with Crippen molar-refractivity contribution >= 4 is 17.7 Å². The maximum Gasteiger partial charge on any atom is 0.213 e. The molecule has 74 valence electrons. The van der Waals surface area contributed by atoms with E-state index in [1.165, 1.54) is 0 Å². The normalized spacial score (nSPS) is 10.9. The Labute approximate surface area is 89.0 Å². The second kappa shape index (κ2) is 2.99. The molecule has 0 fully saturated rings. The molecule has 0 aliphatic rings. The molecule has 3 aromatic heterocycles. The average Bonchev–Trinajstić information content (AvgIpc) is 2.83. The zero-order valence-corrected chi connectivity index (χ0v) is 8.32. The molecule has 0 unspecified atom stereocenters. The van der Waals surface area contributed by atoms with Crippen LogP contribution in [0, 0.1) is 4.77 Å². The molecule has 0 amide bonds. The van der Waals surface area contributed by atoms with Gasteiger partial charge in [-0.05, 0) is 12.2 Å². The van der Waals surface area contributed by atoms with Gasteiger partial charge in [0.2, 0.25) is 4.77 Å². The van der Waals surface area contributed by atoms with Crippen LogP contribution in [0.25, 0.3) is 16.9 Å². The topological polar surface area (TPSA) is 74.7 Å². The quantitative estimate of drug-likeness (QED) is 0.601. The monoisotopic (exact) mass is 218 g/mol. The lowest BCUT2D eigenvalue weighted by Crippen LogP contribution is -1.86. The highest BCUT2D eigenvalue weighted by molar-refractivity contribution is 7.71. The number of nitrogens with zero attached hydrogens (tertiary/aromatic N) is 4. The molecule has 6 nitrogen and oxygen atoms in total. The highest BCUT2D eigenvalue weighted by atomic mass is 32.1. The summed E-state index contributed by atoms with van der Waals surface area (Å²) in [5, 5.41) is 9.79. The van der Waals surface area contributed by atoms with E-state index in [1.54, 1.807) is 29.3 Å². The minimum Gasteiger partial charge on any atom is -0.282 e. The zero-order chi connectivity index (χ0) is 10.3. The molecule has 0 saturated carbocycles. The molecule has 0 aromatic carbocycles. The first-order valence-corrected chi connectivity index (χ1v) is 4.68. The van der Waals surface area contributed by atoms with E-state index < -0.39 is 0 Å². The Kier molecular flexibility index (Phi) is 1.65. The Morgan fingerprint density at radius 2 is 2.20 bits per heavy atom. The minimum absolute atomic E-state index is 0.424. The van der Waals surface area contributed by atoms with Gasteiger partial charge in [-0.2, -0.15) is 10.1 Å². The van der Waals surface area contributed by atoms with Crippen molar-refractivity contribution in [1.82, 2.24) is 29.8 Å². The fraction of sp³-hybridized carbons (Fsp3) is 0. The number of aromatic nitrogens is 6. The third-order valence-electron chi connectivity index (χ3n) is 2.08. The van der Waals surface area contributed by atoms with E-state index in [0.717, 1.165) is 11.1 Å². The Bertz CT molecular complexity index is 663. The van der Waals surface area contributed by atoms with E-state index in [-0.39, 0.29) is 0 Å². The molecule has 3 aromatic rings. The van der Waals surface area contributed by atoms with Gasteiger partial charge in [0.15, 0.2) is 5.82 Å². The number of fused-ring (bicyclic) bond motifs is 1. The molecule has 0 saturated heterocycles. The number of hydrogen-bond donors (Lipinski definition) is 2. The number of hydrogen-bond acceptors (Lipinski definition) is 4. The van der Waals surface area contributed by atoms with Crippen molar-refractivity contribution in [1.29, 1.82) is 0 Å². The van der Waals surface area contributed by atoms with Gasteiger partial charge in [0, 0.05) is 12.4 Å². The predicted molar refractivity (Wildman–Crippen MR) is 55.8 cm³/mol. The molecule has 3 heterocycles. The van der Waals surface area contributed by atoms with E-state index in [4.69, 9.17) is 12.2 Å². The van der Waals surface area contributed by atoms with Crippen LogP contribution in [0.4, 0.5) is 0 Å². The second-order valence-electron chi connectivity index (χ2n) is 2.98. The lowest BCUT2D eigenvalue weighted by atomic mass is 10.3. The van der Waals surface area contributed by atoms with Gasteiger partial charge < -0.3 is 0 Å². The summed E-state index contributed by atoms with van der Waals surface area (Å²) in [6.45, 7) is 0. The summed E-state index contributed by atoms with van der Waals surface area (Å²) in [4.78, 5) is 8.17.